The van der Waals surface area contributed by atoms with Gasteiger partial charge in [-0.3, -0.25) is 4.90 Å². The second-order valence-electron chi connectivity index (χ2n) is 4.58. The number of hydrogen-bond acceptors (Lipinski definition) is 3. The Balaban J connectivity index is 2.05. The van der Waals surface area contributed by atoms with Gasteiger partial charge in [0.2, 0.25) is 0 Å². The zero-order chi connectivity index (χ0) is 11.1. The molecule has 1 aliphatic carbocycles. The smallest absolute Gasteiger partial charge is 0.0613 e. The minimum atomic E-state index is 0.470. The molecule has 90 valence electrons. The van der Waals surface area contributed by atoms with Crippen LogP contribution in [0.15, 0.2) is 0 Å². The van der Waals surface area contributed by atoms with Crippen LogP contribution in [0.5, 0.6) is 0 Å². The van der Waals surface area contributed by atoms with Crippen molar-refractivity contribution in [2.75, 3.05) is 33.4 Å². The van der Waals surface area contributed by atoms with Crippen molar-refractivity contribution < 1.29 is 4.74 Å². The van der Waals surface area contributed by atoms with E-state index >= 15 is 0 Å². The predicted octanol–water partition coefficient (Wildman–Crippen LogP) is 1.49. The van der Waals surface area contributed by atoms with Crippen LogP contribution in [0.4, 0.5) is 0 Å². The summed E-state index contributed by atoms with van der Waals surface area (Å²) in [7, 11) is 1.76. The van der Waals surface area contributed by atoms with Crippen LogP contribution < -0.4 is 5.32 Å². The van der Waals surface area contributed by atoms with Crippen LogP contribution in [0.3, 0.4) is 0 Å². The maximum atomic E-state index is 5.09. The first-order chi connectivity index (χ1) is 7.27. The first kappa shape index (κ1) is 12.9. The molecule has 0 aromatic heterocycles. The van der Waals surface area contributed by atoms with E-state index in [1.165, 1.54) is 32.4 Å². The Hall–Kier alpha value is -0.120. The molecule has 0 amide bonds. The Kier molecular flexibility index (Phi) is 6.22. The summed E-state index contributed by atoms with van der Waals surface area (Å²) < 4.78 is 5.09. The molecule has 0 bridgehead atoms. The van der Waals surface area contributed by atoms with Crippen molar-refractivity contribution in [2.24, 2.45) is 0 Å². The number of rotatable bonds is 9. The van der Waals surface area contributed by atoms with E-state index < -0.39 is 0 Å². The Bertz CT molecular complexity index is 160. The summed E-state index contributed by atoms with van der Waals surface area (Å²) in [6.45, 7) is 8.76. The molecule has 0 heterocycles. The zero-order valence-electron chi connectivity index (χ0n) is 10.5. The normalized spacial score (nSPS) is 18.4. The van der Waals surface area contributed by atoms with Gasteiger partial charge in [-0.25, -0.2) is 0 Å². The van der Waals surface area contributed by atoms with Gasteiger partial charge in [0.25, 0.3) is 0 Å². The maximum Gasteiger partial charge on any atom is 0.0613 e. The first-order valence-electron chi connectivity index (χ1n) is 6.24. The minimum Gasteiger partial charge on any atom is -0.383 e. The average Bonchev–Trinajstić information content (AvgIpc) is 3.00. The lowest BCUT2D eigenvalue weighted by molar-refractivity contribution is 0.168. The van der Waals surface area contributed by atoms with E-state index in [2.05, 4.69) is 24.1 Å². The zero-order valence-corrected chi connectivity index (χ0v) is 10.5. The molecule has 3 heteroatoms. The fourth-order valence-electron chi connectivity index (χ4n) is 1.97. The molecule has 1 saturated carbocycles. The standard InChI is InChI=1S/C12H26N2O/c1-4-8-14(12-5-6-12)9-7-13-11(2)10-15-3/h11-13H,4-10H2,1-3H3. The van der Waals surface area contributed by atoms with Gasteiger partial charge in [-0.2, -0.15) is 0 Å². The molecule has 1 N–H and O–H groups in total. The molecule has 0 radical (unpaired) electrons. The van der Waals surface area contributed by atoms with Crippen molar-refractivity contribution in [2.45, 2.75) is 45.2 Å². The minimum absolute atomic E-state index is 0.470. The summed E-state index contributed by atoms with van der Waals surface area (Å²) >= 11 is 0. The third-order valence-corrected chi connectivity index (χ3v) is 2.88. The van der Waals surface area contributed by atoms with Gasteiger partial charge >= 0.3 is 0 Å². The largest absolute Gasteiger partial charge is 0.383 e. The molecule has 0 saturated heterocycles. The molecule has 3 nitrogen and oxygen atoms in total. The van der Waals surface area contributed by atoms with E-state index in [0.29, 0.717) is 6.04 Å². The van der Waals surface area contributed by atoms with Gasteiger partial charge in [0.1, 0.15) is 0 Å². The molecule has 15 heavy (non-hydrogen) atoms. The topological polar surface area (TPSA) is 24.5 Å². The maximum absolute atomic E-state index is 5.09. The lowest BCUT2D eigenvalue weighted by atomic mass is 10.3. The van der Waals surface area contributed by atoms with E-state index in [1.54, 1.807) is 7.11 Å². The predicted molar refractivity (Wildman–Crippen MR) is 64.2 cm³/mol. The second-order valence-corrected chi connectivity index (χ2v) is 4.58. The highest BCUT2D eigenvalue weighted by Crippen LogP contribution is 2.26. The van der Waals surface area contributed by atoms with Gasteiger partial charge < -0.3 is 10.1 Å². The van der Waals surface area contributed by atoms with E-state index in [4.69, 9.17) is 4.74 Å². The van der Waals surface area contributed by atoms with Gasteiger partial charge in [0.15, 0.2) is 0 Å². The molecule has 1 unspecified atom stereocenters. The third kappa shape index (κ3) is 5.50. The Morgan fingerprint density at radius 2 is 2.13 bits per heavy atom. The highest BCUT2D eigenvalue weighted by Gasteiger charge is 2.27. The van der Waals surface area contributed by atoms with Crippen molar-refractivity contribution >= 4 is 0 Å². The number of methoxy groups -OCH3 is 1. The fourth-order valence-corrected chi connectivity index (χ4v) is 1.97. The molecule has 1 fully saturated rings. The van der Waals surface area contributed by atoms with Crippen LogP contribution in [0.1, 0.15) is 33.1 Å². The fraction of sp³-hybridized carbons (Fsp3) is 1.00. The van der Waals surface area contributed by atoms with Crippen molar-refractivity contribution in [1.29, 1.82) is 0 Å². The van der Waals surface area contributed by atoms with Crippen LogP contribution in [0.2, 0.25) is 0 Å². The summed E-state index contributed by atoms with van der Waals surface area (Å²) in [5.74, 6) is 0. The molecule has 1 aliphatic rings. The monoisotopic (exact) mass is 214 g/mol. The van der Waals surface area contributed by atoms with Gasteiger partial charge in [-0.05, 0) is 32.7 Å². The Labute approximate surface area is 94.2 Å². The molecular weight excluding hydrogens is 188 g/mol. The lowest BCUT2D eigenvalue weighted by Gasteiger charge is -2.22. The number of hydrogen-bond donors (Lipinski definition) is 1. The van der Waals surface area contributed by atoms with Gasteiger partial charge in [0.05, 0.1) is 6.61 Å². The molecule has 0 aromatic rings. The quantitative estimate of drug-likeness (QED) is 0.629. The number of ether oxygens (including phenoxy) is 1. The number of nitrogens with one attached hydrogen (secondary N) is 1. The van der Waals surface area contributed by atoms with Crippen molar-refractivity contribution in [3.63, 3.8) is 0 Å². The average molecular weight is 214 g/mol. The highest BCUT2D eigenvalue weighted by atomic mass is 16.5. The summed E-state index contributed by atoms with van der Waals surface area (Å²) in [6, 6.07) is 1.36. The van der Waals surface area contributed by atoms with Crippen molar-refractivity contribution in [1.82, 2.24) is 10.2 Å². The first-order valence-corrected chi connectivity index (χ1v) is 6.24. The van der Waals surface area contributed by atoms with Crippen LogP contribution in [0.25, 0.3) is 0 Å². The molecule has 0 aromatic carbocycles. The summed E-state index contributed by atoms with van der Waals surface area (Å²) in [4.78, 5) is 2.62. The van der Waals surface area contributed by atoms with Crippen molar-refractivity contribution in [3.05, 3.63) is 0 Å². The van der Waals surface area contributed by atoms with Gasteiger partial charge in [-0.15, -0.1) is 0 Å². The van der Waals surface area contributed by atoms with E-state index in [1.807, 2.05) is 0 Å². The molecular formula is C12H26N2O. The van der Waals surface area contributed by atoms with Crippen LogP contribution in [0, 0.1) is 0 Å². The second kappa shape index (κ2) is 7.20. The van der Waals surface area contributed by atoms with E-state index in [9.17, 15) is 0 Å². The Morgan fingerprint density at radius 3 is 2.67 bits per heavy atom. The van der Waals surface area contributed by atoms with Gasteiger partial charge in [-0.1, -0.05) is 6.92 Å². The van der Waals surface area contributed by atoms with Gasteiger partial charge in [0, 0.05) is 32.3 Å². The third-order valence-electron chi connectivity index (χ3n) is 2.88. The van der Waals surface area contributed by atoms with Crippen LogP contribution in [-0.2, 0) is 4.74 Å². The summed E-state index contributed by atoms with van der Waals surface area (Å²) in [5, 5.41) is 3.49. The molecule has 1 atom stereocenters. The molecule has 0 spiro atoms. The van der Waals surface area contributed by atoms with E-state index in [0.717, 1.165) is 19.2 Å². The lowest BCUT2D eigenvalue weighted by Crippen LogP contribution is -2.39. The van der Waals surface area contributed by atoms with Crippen LogP contribution in [-0.4, -0.2) is 50.3 Å². The van der Waals surface area contributed by atoms with Crippen LogP contribution >= 0.6 is 0 Å². The highest BCUT2D eigenvalue weighted by molar-refractivity contribution is 4.84. The molecule has 1 rings (SSSR count). The summed E-state index contributed by atoms with van der Waals surface area (Å²) in [6.07, 6.45) is 4.09. The summed E-state index contributed by atoms with van der Waals surface area (Å²) in [5.41, 5.74) is 0. The SMILES string of the molecule is CCCN(CCNC(C)COC)C1CC1. The molecule has 0 aliphatic heterocycles. The number of nitrogens with zero attached hydrogens (tertiary/aromatic N) is 1. The van der Waals surface area contributed by atoms with E-state index in [-0.39, 0.29) is 0 Å². The van der Waals surface area contributed by atoms with Crippen molar-refractivity contribution in [3.8, 4) is 0 Å². The Morgan fingerprint density at radius 1 is 1.40 bits per heavy atom.